The van der Waals surface area contributed by atoms with Gasteiger partial charge >= 0.3 is 0 Å². The van der Waals surface area contributed by atoms with Crippen molar-refractivity contribution in [1.29, 1.82) is 0 Å². The van der Waals surface area contributed by atoms with Gasteiger partial charge in [-0.25, -0.2) is 0 Å². The Morgan fingerprint density at radius 3 is 2.42 bits per heavy atom. The van der Waals surface area contributed by atoms with E-state index < -0.39 is 11.3 Å². The third kappa shape index (κ3) is 6.28. The molecule has 2 heterocycles. The van der Waals surface area contributed by atoms with Crippen LogP contribution >= 0.6 is 11.9 Å². The van der Waals surface area contributed by atoms with E-state index in [9.17, 15) is 9.28 Å². The van der Waals surface area contributed by atoms with Crippen molar-refractivity contribution in [2.45, 2.75) is 42.0 Å². The van der Waals surface area contributed by atoms with Crippen molar-refractivity contribution < 1.29 is 18.7 Å². The van der Waals surface area contributed by atoms with Gasteiger partial charge in [-0.1, -0.05) is 48.5 Å². The van der Waals surface area contributed by atoms with Crippen LogP contribution in [0.2, 0.25) is 0 Å². The first-order valence-electron chi connectivity index (χ1n) is 13.8. The van der Waals surface area contributed by atoms with Crippen LogP contribution in [0.1, 0.15) is 36.8 Å². The lowest BCUT2D eigenvalue weighted by Crippen LogP contribution is -2.51. The zero-order valence-corrected chi connectivity index (χ0v) is 23.6. The SMILES string of the molecule is COCCCCC1(CNC(=O)C2CC(NSc3ccccc3N)CN(F)C2)c2ccccc2Oc2ccccc21. The van der Waals surface area contributed by atoms with Crippen LogP contribution in [-0.2, 0) is 14.9 Å². The van der Waals surface area contributed by atoms with Crippen molar-refractivity contribution in [2.75, 3.05) is 39.1 Å². The van der Waals surface area contributed by atoms with Crippen molar-refractivity contribution in [2.24, 2.45) is 5.92 Å². The Morgan fingerprint density at radius 2 is 1.73 bits per heavy atom. The molecule has 5 rings (SSSR count). The molecule has 1 saturated heterocycles. The van der Waals surface area contributed by atoms with Crippen LogP contribution in [0.4, 0.5) is 10.2 Å². The maximum Gasteiger partial charge on any atom is 0.224 e. The van der Waals surface area contributed by atoms with Gasteiger partial charge in [0, 0.05) is 66.5 Å². The number of benzene rings is 3. The van der Waals surface area contributed by atoms with Gasteiger partial charge in [0.05, 0.1) is 5.92 Å². The molecule has 0 saturated carbocycles. The molecule has 4 N–H and O–H groups in total. The molecule has 2 unspecified atom stereocenters. The number of halogens is 1. The van der Waals surface area contributed by atoms with Gasteiger partial charge in [-0.2, -0.15) is 0 Å². The molecule has 0 radical (unpaired) electrons. The van der Waals surface area contributed by atoms with E-state index in [0.717, 1.165) is 51.9 Å². The second kappa shape index (κ2) is 13.0. The van der Waals surface area contributed by atoms with Gasteiger partial charge < -0.3 is 20.5 Å². The number of methoxy groups -OCH3 is 1. The molecule has 0 bridgehead atoms. The first kappa shape index (κ1) is 28.4. The van der Waals surface area contributed by atoms with Crippen LogP contribution in [0.3, 0.4) is 0 Å². The molecule has 212 valence electrons. The summed E-state index contributed by atoms with van der Waals surface area (Å²) >= 11 is 1.38. The summed E-state index contributed by atoms with van der Waals surface area (Å²) in [7, 11) is 1.71. The fourth-order valence-corrected chi connectivity index (χ4v) is 6.61. The lowest BCUT2D eigenvalue weighted by Gasteiger charge is -2.41. The number of nitrogen functional groups attached to an aromatic ring is 1. The molecule has 7 nitrogen and oxygen atoms in total. The number of ether oxygens (including phenoxy) is 2. The molecule has 3 aromatic rings. The smallest absolute Gasteiger partial charge is 0.224 e. The first-order chi connectivity index (χ1) is 19.5. The monoisotopic (exact) mass is 564 g/mol. The summed E-state index contributed by atoms with van der Waals surface area (Å²) in [5.41, 5.74) is 8.35. The van der Waals surface area contributed by atoms with Gasteiger partial charge in [-0.05, 0) is 61.9 Å². The number of nitrogens with zero attached hydrogens (tertiary/aromatic N) is 1. The van der Waals surface area contributed by atoms with E-state index in [1.165, 1.54) is 11.9 Å². The van der Waals surface area contributed by atoms with E-state index in [1.54, 1.807) is 7.11 Å². The Balaban J connectivity index is 1.33. The third-order valence-corrected chi connectivity index (χ3v) is 8.87. The summed E-state index contributed by atoms with van der Waals surface area (Å²) in [5.74, 6) is 0.976. The molecular weight excluding hydrogens is 527 g/mol. The molecule has 9 heteroatoms. The minimum absolute atomic E-state index is 0.0687. The molecule has 1 fully saturated rings. The minimum atomic E-state index is -0.485. The van der Waals surface area contributed by atoms with Crippen molar-refractivity contribution in [3.63, 3.8) is 0 Å². The third-order valence-electron chi connectivity index (χ3n) is 7.82. The number of hydrogen-bond donors (Lipinski definition) is 3. The average molecular weight is 565 g/mol. The molecule has 2 aliphatic heterocycles. The molecule has 0 spiro atoms. The van der Waals surface area contributed by atoms with Gasteiger partial charge in [0.1, 0.15) is 11.5 Å². The standard InChI is InChI=1S/C31H37FN4O3S/c1-38-17-9-8-16-31(24-10-2-5-13-27(24)39-28-14-6-3-11-25(28)31)21-34-30(37)22-18-23(20-36(32)19-22)35-40-29-15-7-4-12-26(29)33/h2-7,10-15,22-23,35H,8-9,16-21,33H2,1H3,(H,34,37). The summed E-state index contributed by atoms with van der Waals surface area (Å²) < 4.78 is 29.6. The number of nitrogens with one attached hydrogen (secondary N) is 2. The fraction of sp³-hybridized carbons (Fsp3) is 0.387. The maximum absolute atomic E-state index is 14.7. The van der Waals surface area contributed by atoms with Crippen LogP contribution in [0, 0.1) is 5.92 Å². The largest absolute Gasteiger partial charge is 0.457 e. The number of carbonyl (C=O) groups excluding carboxylic acids is 1. The second-order valence-corrected chi connectivity index (χ2v) is 11.4. The highest BCUT2D eigenvalue weighted by Crippen LogP contribution is 2.50. The van der Waals surface area contributed by atoms with E-state index in [2.05, 4.69) is 22.2 Å². The Labute approximate surface area is 239 Å². The topological polar surface area (TPSA) is 88.8 Å². The molecule has 1 amide bonds. The van der Waals surface area contributed by atoms with Gasteiger partial charge in [-0.15, -0.1) is 9.60 Å². The Bertz CT molecular complexity index is 1260. The van der Waals surface area contributed by atoms with Crippen LogP contribution in [0.25, 0.3) is 0 Å². The lowest BCUT2D eigenvalue weighted by molar-refractivity contribution is -0.130. The first-order valence-corrected chi connectivity index (χ1v) is 14.6. The van der Waals surface area contributed by atoms with Crippen molar-refractivity contribution in [1.82, 2.24) is 15.2 Å². The number of amides is 1. The Morgan fingerprint density at radius 1 is 1.05 bits per heavy atom. The van der Waals surface area contributed by atoms with E-state index in [-0.39, 0.29) is 25.0 Å². The highest BCUT2D eigenvalue weighted by Gasteiger charge is 2.42. The van der Waals surface area contributed by atoms with Crippen LogP contribution in [0.15, 0.2) is 77.7 Å². The van der Waals surface area contributed by atoms with Gasteiger partial charge in [0.2, 0.25) is 5.91 Å². The highest BCUT2D eigenvalue weighted by molar-refractivity contribution is 7.97. The number of para-hydroxylation sites is 3. The van der Waals surface area contributed by atoms with Gasteiger partial charge in [0.15, 0.2) is 0 Å². The number of nitrogens with two attached hydrogens (primary N) is 1. The number of unbranched alkanes of at least 4 members (excludes halogenated alkanes) is 1. The Kier molecular flexibility index (Phi) is 9.26. The molecule has 3 aromatic carbocycles. The number of rotatable bonds is 11. The minimum Gasteiger partial charge on any atom is -0.457 e. The summed E-state index contributed by atoms with van der Waals surface area (Å²) in [4.78, 5) is 14.5. The number of anilines is 1. The quantitative estimate of drug-likeness (QED) is 0.123. The zero-order valence-electron chi connectivity index (χ0n) is 22.8. The molecular formula is C31H37FN4O3S. The van der Waals surface area contributed by atoms with Crippen molar-refractivity contribution in [3.05, 3.63) is 83.9 Å². The van der Waals surface area contributed by atoms with Gasteiger partial charge in [0.25, 0.3) is 0 Å². The molecule has 2 atom stereocenters. The summed E-state index contributed by atoms with van der Waals surface area (Å²) in [6.07, 6.45) is 3.17. The summed E-state index contributed by atoms with van der Waals surface area (Å²) in [6.45, 7) is 1.36. The predicted octanol–water partition coefficient (Wildman–Crippen LogP) is 5.47. The lowest BCUT2D eigenvalue weighted by atomic mass is 9.69. The van der Waals surface area contributed by atoms with Crippen LogP contribution in [0.5, 0.6) is 11.5 Å². The van der Waals surface area contributed by atoms with E-state index in [4.69, 9.17) is 15.2 Å². The summed E-state index contributed by atoms with van der Waals surface area (Å²) in [5, 5.41) is 3.97. The normalized spacial score (nSPS) is 19.8. The number of piperidine rings is 1. The molecule has 0 aromatic heterocycles. The van der Waals surface area contributed by atoms with Crippen molar-refractivity contribution in [3.8, 4) is 11.5 Å². The average Bonchev–Trinajstić information content (AvgIpc) is 2.97. The maximum atomic E-state index is 14.7. The van der Waals surface area contributed by atoms with E-state index >= 15 is 0 Å². The summed E-state index contributed by atoms with van der Waals surface area (Å²) in [6, 6.07) is 23.4. The second-order valence-electron chi connectivity index (χ2n) is 10.6. The predicted molar refractivity (Wildman–Crippen MR) is 157 cm³/mol. The van der Waals surface area contributed by atoms with Gasteiger partial charge in [-0.3, -0.25) is 9.52 Å². The number of hydrogen-bond acceptors (Lipinski definition) is 7. The molecule has 0 aliphatic carbocycles. The molecule has 2 aliphatic rings. The van der Waals surface area contributed by atoms with Crippen LogP contribution in [-0.4, -0.2) is 50.4 Å². The Hall–Kier alpha value is -3.11. The van der Waals surface area contributed by atoms with Crippen LogP contribution < -0.4 is 20.5 Å². The fourth-order valence-electron chi connectivity index (χ4n) is 5.81. The number of fused-ring (bicyclic) bond motifs is 2. The van der Waals surface area contributed by atoms with Crippen molar-refractivity contribution >= 4 is 23.5 Å². The highest BCUT2D eigenvalue weighted by atomic mass is 32.2. The zero-order chi connectivity index (χ0) is 28.0. The molecule has 40 heavy (non-hydrogen) atoms. The van der Waals surface area contributed by atoms with E-state index in [1.807, 2.05) is 60.7 Å². The van der Waals surface area contributed by atoms with E-state index in [0.29, 0.717) is 25.3 Å². The number of carbonyl (C=O) groups is 1.